The highest BCUT2D eigenvalue weighted by Gasteiger charge is 2.37. The third-order valence-corrected chi connectivity index (χ3v) is 6.46. The van der Waals surface area contributed by atoms with Crippen LogP contribution in [0.4, 0.5) is 15.4 Å². The summed E-state index contributed by atoms with van der Waals surface area (Å²) in [7, 11) is 0. The summed E-state index contributed by atoms with van der Waals surface area (Å²) < 4.78 is 12.7. The van der Waals surface area contributed by atoms with Crippen molar-refractivity contribution in [2.75, 3.05) is 5.32 Å². The summed E-state index contributed by atoms with van der Waals surface area (Å²) in [6, 6.07) is 6.90. The molecule has 4 heterocycles. The Morgan fingerprint density at radius 1 is 1.11 bits per heavy atom. The summed E-state index contributed by atoms with van der Waals surface area (Å²) in [5.74, 6) is 0.795. The summed E-state index contributed by atoms with van der Waals surface area (Å²) in [6.45, 7) is -0.189. The number of nitrogens with one attached hydrogen (secondary N) is 1. The van der Waals surface area contributed by atoms with Crippen molar-refractivity contribution in [1.29, 1.82) is 0 Å². The molecule has 0 radical (unpaired) electrons. The van der Waals surface area contributed by atoms with E-state index < -0.39 is 24.1 Å². The zero-order valence-corrected chi connectivity index (χ0v) is 19.2. The highest BCUT2D eigenvalue weighted by molar-refractivity contribution is 5.98. The van der Waals surface area contributed by atoms with Gasteiger partial charge < -0.3 is 19.5 Å². The molecule has 1 saturated carbocycles. The molecule has 1 aliphatic carbocycles. The van der Waals surface area contributed by atoms with Gasteiger partial charge in [0.2, 0.25) is 5.88 Å². The number of fused-ring (bicyclic) bond motifs is 2. The zero-order valence-electron chi connectivity index (χ0n) is 19.2. The molecule has 1 atom stereocenters. The zero-order chi connectivity index (χ0) is 25.7. The van der Waals surface area contributed by atoms with Crippen molar-refractivity contribution in [3.05, 3.63) is 59.9 Å². The molecule has 2 amide bonds. The third kappa shape index (κ3) is 4.20. The summed E-state index contributed by atoms with van der Waals surface area (Å²) in [5.41, 5.74) is 1.44. The minimum absolute atomic E-state index is 0.129. The van der Waals surface area contributed by atoms with Gasteiger partial charge in [-0.05, 0) is 37.1 Å². The number of carbonyl (C=O) groups is 3. The smallest absolute Gasteiger partial charge is 0.408 e. The fraction of sp³-hybridized carbons (Fsp3) is 0.250. The van der Waals surface area contributed by atoms with Crippen LogP contribution in [0, 0.1) is 0 Å². The number of carboxylic acids is 1. The molecular formula is C24H20N6O7. The number of aromatic nitrogens is 4. The molecule has 1 fully saturated rings. The molecule has 3 aromatic heterocycles. The fourth-order valence-corrected chi connectivity index (χ4v) is 4.41. The largest absolute Gasteiger partial charge is 0.480 e. The average molecular weight is 504 g/mol. The number of carbonyl (C=O) groups excluding carboxylic acids is 1. The number of amides is 2. The second kappa shape index (κ2) is 8.62. The lowest BCUT2D eigenvalue weighted by atomic mass is 9.99. The van der Waals surface area contributed by atoms with Crippen molar-refractivity contribution < 1.29 is 33.9 Å². The van der Waals surface area contributed by atoms with E-state index in [-0.39, 0.29) is 18.8 Å². The minimum atomic E-state index is -1.34. The molecule has 3 N–H and O–H groups in total. The molecule has 0 spiro atoms. The van der Waals surface area contributed by atoms with Gasteiger partial charge in [0, 0.05) is 35.6 Å². The Kier molecular flexibility index (Phi) is 5.25. The molecular weight excluding hydrogens is 484 g/mol. The molecule has 6 rings (SSSR count). The van der Waals surface area contributed by atoms with Gasteiger partial charge in [-0.1, -0.05) is 5.16 Å². The Bertz CT molecular complexity index is 1560. The van der Waals surface area contributed by atoms with Crippen LogP contribution >= 0.6 is 0 Å². The average Bonchev–Trinajstić information content (AvgIpc) is 3.48. The molecule has 4 aromatic rings. The van der Waals surface area contributed by atoms with Crippen molar-refractivity contribution in [3.63, 3.8) is 0 Å². The lowest BCUT2D eigenvalue weighted by Crippen LogP contribution is -2.48. The Morgan fingerprint density at radius 2 is 1.95 bits per heavy atom. The monoisotopic (exact) mass is 504 g/mol. The number of hydrogen-bond donors (Lipinski definition) is 3. The number of benzene rings is 1. The molecule has 2 aliphatic rings. The first-order chi connectivity index (χ1) is 17.9. The van der Waals surface area contributed by atoms with E-state index in [1.54, 1.807) is 36.5 Å². The van der Waals surface area contributed by atoms with Crippen LogP contribution in [0.25, 0.3) is 10.9 Å². The lowest BCUT2D eigenvalue weighted by molar-refractivity contribution is -0.143. The van der Waals surface area contributed by atoms with Gasteiger partial charge in [0.15, 0.2) is 5.82 Å². The predicted molar refractivity (Wildman–Crippen MR) is 126 cm³/mol. The highest BCUT2D eigenvalue weighted by Crippen LogP contribution is 2.40. The maximum atomic E-state index is 12.8. The second-order valence-electron chi connectivity index (χ2n) is 8.90. The molecule has 0 saturated heterocycles. The number of rotatable bonds is 5. The van der Waals surface area contributed by atoms with Crippen molar-refractivity contribution in [1.82, 2.24) is 24.6 Å². The van der Waals surface area contributed by atoms with Gasteiger partial charge in [0.25, 0.3) is 0 Å². The van der Waals surface area contributed by atoms with E-state index in [2.05, 4.69) is 20.4 Å². The van der Waals surface area contributed by atoms with Crippen LogP contribution < -0.4 is 10.1 Å². The van der Waals surface area contributed by atoms with E-state index in [0.29, 0.717) is 34.3 Å². The van der Waals surface area contributed by atoms with Gasteiger partial charge in [-0.2, -0.15) is 0 Å². The molecule has 13 nitrogen and oxygen atoms in total. The summed E-state index contributed by atoms with van der Waals surface area (Å²) in [4.78, 5) is 45.1. The third-order valence-electron chi connectivity index (χ3n) is 6.46. The topological polar surface area (TPSA) is 173 Å². The molecule has 1 aliphatic heterocycles. The Hall–Kier alpha value is -4.94. The SMILES string of the molecule is O=C(O)C1Cc2c(ncnc2Oc2ccc3c(ccn3C(=O)Nc3cc(C4CC4)on3)c2)CN1C(=O)O. The van der Waals surface area contributed by atoms with Gasteiger partial charge in [-0.25, -0.2) is 24.4 Å². The van der Waals surface area contributed by atoms with Gasteiger partial charge in [0.1, 0.15) is 23.9 Å². The maximum absolute atomic E-state index is 12.8. The fourth-order valence-electron chi connectivity index (χ4n) is 4.41. The van der Waals surface area contributed by atoms with Gasteiger partial charge in [0.05, 0.1) is 17.8 Å². The van der Waals surface area contributed by atoms with E-state index >= 15 is 0 Å². The van der Waals surface area contributed by atoms with Crippen molar-refractivity contribution in [2.24, 2.45) is 0 Å². The first-order valence-electron chi connectivity index (χ1n) is 11.5. The van der Waals surface area contributed by atoms with Gasteiger partial charge >= 0.3 is 18.1 Å². The molecule has 13 heteroatoms. The Labute approximate surface area is 208 Å². The number of anilines is 1. The van der Waals surface area contributed by atoms with Gasteiger partial charge in [-0.3, -0.25) is 14.8 Å². The maximum Gasteiger partial charge on any atom is 0.408 e. The number of aliphatic carboxylic acids is 1. The Morgan fingerprint density at radius 3 is 2.70 bits per heavy atom. The van der Waals surface area contributed by atoms with Crippen LogP contribution in [0.1, 0.15) is 35.8 Å². The second-order valence-corrected chi connectivity index (χ2v) is 8.90. The number of nitrogens with zero attached hydrogens (tertiary/aromatic N) is 5. The summed E-state index contributed by atoms with van der Waals surface area (Å²) >= 11 is 0. The van der Waals surface area contributed by atoms with E-state index in [1.165, 1.54) is 10.9 Å². The van der Waals surface area contributed by atoms with Crippen LogP contribution in [0.5, 0.6) is 11.6 Å². The van der Waals surface area contributed by atoms with Crippen LogP contribution in [0.3, 0.4) is 0 Å². The van der Waals surface area contributed by atoms with Crippen LogP contribution in [0.2, 0.25) is 0 Å². The molecule has 0 bridgehead atoms. The van der Waals surface area contributed by atoms with Crippen LogP contribution in [-0.4, -0.2) is 58.9 Å². The molecule has 188 valence electrons. The summed E-state index contributed by atoms with van der Waals surface area (Å²) in [5, 5.41) is 26.3. The van der Waals surface area contributed by atoms with Crippen LogP contribution in [0.15, 0.2) is 47.4 Å². The van der Waals surface area contributed by atoms with Crippen LogP contribution in [-0.2, 0) is 17.8 Å². The molecule has 37 heavy (non-hydrogen) atoms. The molecule has 1 unspecified atom stereocenters. The summed E-state index contributed by atoms with van der Waals surface area (Å²) in [6.07, 6.45) is 3.52. The van der Waals surface area contributed by atoms with Crippen molar-refractivity contribution in [2.45, 2.75) is 37.8 Å². The molecule has 1 aromatic carbocycles. The Balaban J connectivity index is 1.23. The first-order valence-corrected chi connectivity index (χ1v) is 11.5. The standard InChI is InChI=1S/C24H20N6O7/c31-22(32)18-8-15-16(10-30(18)24(34)35)25-11-26-21(15)36-14-3-4-17-13(7-14)5-6-29(17)23(33)27-20-9-19(37-28-20)12-1-2-12/h3-7,9,11-12,18H,1-2,8,10H2,(H,31,32)(H,34,35)(H,27,28,33). The quantitative estimate of drug-likeness (QED) is 0.364. The first kappa shape index (κ1) is 22.5. The van der Waals surface area contributed by atoms with E-state index in [1.807, 2.05) is 0 Å². The van der Waals surface area contributed by atoms with E-state index in [4.69, 9.17) is 9.26 Å². The number of ether oxygens (including phenoxy) is 1. The lowest BCUT2D eigenvalue weighted by Gasteiger charge is -2.31. The van der Waals surface area contributed by atoms with Gasteiger partial charge in [-0.15, -0.1) is 0 Å². The van der Waals surface area contributed by atoms with Crippen molar-refractivity contribution >= 4 is 34.8 Å². The normalized spacial score (nSPS) is 16.9. The number of hydrogen-bond acceptors (Lipinski definition) is 8. The predicted octanol–water partition coefficient (Wildman–Crippen LogP) is 3.66. The van der Waals surface area contributed by atoms with Crippen molar-refractivity contribution in [3.8, 4) is 11.6 Å². The van der Waals surface area contributed by atoms with E-state index in [0.717, 1.165) is 28.9 Å². The number of carboxylic acid groups (broad SMARTS) is 2. The highest BCUT2D eigenvalue weighted by atomic mass is 16.5. The minimum Gasteiger partial charge on any atom is -0.480 e. The van der Waals surface area contributed by atoms with E-state index in [9.17, 15) is 24.6 Å².